The molecule has 0 aliphatic carbocycles. The van der Waals surface area contributed by atoms with Gasteiger partial charge in [-0.1, -0.05) is 6.92 Å². The zero-order valence-corrected chi connectivity index (χ0v) is 8.02. The molecule has 1 heterocycles. The van der Waals surface area contributed by atoms with E-state index in [4.69, 9.17) is 0 Å². The Kier molecular flexibility index (Phi) is 2.17. The summed E-state index contributed by atoms with van der Waals surface area (Å²) in [7, 11) is 0. The van der Waals surface area contributed by atoms with Crippen molar-refractivity contribution in [2.24, 2.45) is 0 Å². The highest BCUT2D eigenvalue weighted by molar-refractivity contribution is 5.82. The Bertz CT molecular complexity index is 485. The van der Waals surface area contributed by atoms with Crippen molar-refractivity contribution >= 4 is 10.9 Å². The van der Waals surface area contributed by atoms with Crippen LogP contribution in [0.4, 0.5) is 13.2 Å². The highest BCUT2D eigenvalue weighted by atomic mass is 19.4. The van der Waals surface area contributed by atoms with E-state index in [0.29, 0.717) is 17.4 Å². The summed E-state index contributed by atoms with van der Waals surface area (Å²) in [5.41, 5.74) is 0.0743. The molecule has 2 nitrogen and oxygen atoms in total. The average Bonchev–Trinajstić information content (AvgIpc) is 2.61. The molecule has 15 heavy (non-hydrogen) atoms. The highest BCUT2D eigenvalue weighted by Crippen LogP contribution is 2.34. The maximum Gasteiger partial charge on any atom is 0.418 e. The van der Waals surface area contributed by atoms with Gasteiger partial charge in [0.15, 0.2) is 0 Å². The van der Waals surface area contributed by atoms with E-state index in [1.165, 1.54) is 12.3 Å². The third kappa shape index (κ3) is 1.69. The normalized spacial score (nSPS) is 12.3. The second-order valence-corrected chi connectivity index (χ2v) is 3.33. The fourth-order valence-corrected chi connectivity index (χ4v) is 1.55. The fourth-order valence-electron chi connectivity index (χ4n) is 1.55. The van der Waals surface area contributed by atoms with Crippen molar-refractivity contribution in [3.8, 4) is 0 Å². The molecule has 1 aromatic heterocycles. The maximum absolute atomic E-state index is 12.7. The highest BCUT2D eigenvalue weighted by Gasteiger charge is 2.33. The smallest absolute Gasteiger partial charge is 0.277 e. The molecule has 5 heteroatoms. The van der Waals surface area contributed by atoms with Gasteiger partial charge in [-0.2, -0.15) is 18.3 Å². The lowest BCUT2D eigenvalue weighted by atomic mass is 10.0. The number of benzene rings is 1. The summed E-state index contributed by atoms with van der Waals surface area (Å²) in [6.07, 6.45) is -2.36. The zero-order valence-electron chi connectivity index (χ0n) is 8.02. The molecule has 1 N–H and O–H groups in total. The lowest BCUT2D eigenvalue weighted by Crippen LogP contribution is -2.06. The Labute approximate surface area is 84.1 Å². The van der Waals surface area contributed by atoms with Crippen LogP contribution in [-0.2, 0) is 12.6 Å². The first kappa shape index (κ1) is 10.0. The van der Waals surface area contributed by atoms with Gasteiger partial charge in [0.1, 0.15) is 0 Å². The van der Waals surface area contributed by atoms with Crippen LogP contribution in [0.15, 0.2) is 18.3 Å². The molecule has 0 bridgehead atoms. The van der Waals surface area contributed by atoms with Crippen LogP contribution < -0.4 is 0 Å². The Morgan fingerprint density at radius 1 is 1.33 bits per heavy atom. The molecule has 2 aromatic rings. The van der Waals surface area contributed by atoms with Crippen molar-refractivity contribution < 1.29 is 13.2 Å². The van der Waals surface area contributed by atoms with Gasteiger partial charge in [0, 0.05) is 5.39 Å². The molecule has 80 valence electrons. The summed E-state index contributed by atoms with van der Waals surface area (Å²) in [5.74, 6) is 0. The number of halogens is 3. The number of aryl methyl sites for hydroxylation is 1. The monoisotopic (exact) mass is 214 g/mol. The zero-order chi connectivity index (χ0) is 11.1. The number of hydrogen-bond acceptors (Lipinski definition) is 1. The van der Waals surface area contributed by atoms with E-state index in [1.807, 2.05) is 6.92 Å². The van der Waals surface area contributed by atoms with Crippen molar-refractivity contribution in [1.82, 2.24) is 10.2 Å². The second-order valence-electron chi connectivity index (χ2n) is 3.33. The van der Waals surface area contributed by atoms with Crippen LogP contribution in [0.2, 0.25) is 0 Å². The third-order valence-corrected chi connectivity index (χ3v) is 2.32. The first-order chi connectivity index (χ1) is 7.02. The maximum atomic E-state index is 12.7. The molecule has 0 amide bonds. The number of nitrogens with one attached hydrogen (secondary N) is 1. The van der Waals surface area contributed by atoms with Crippen LogP contribution in [0.25, 0.3) is 10.9 Å². The molecule has 1 aromatic carbocycles. The minimum absolute atomic E-state index is 0.0553. The molecule has 0 atom stereocenters. The minimum atomic E-state index is -4.34. The third-order valence-electron chi connectivity index (χ3n) is 2.32. The Balaban J connectivity index is 2.74. The molecule has 0 saturated carbocycles. The van der Waals surface area contributed by atoms with Gasteiger partial charge in [0.25, 0.3) is 0 Å². The lowest BCUT2D eigenvalue weighted by Gasteiger charge is -2.09. The summed E-state index contributed by atoms with van der Waals surface area (Å²) in [6, 6.07) is 2.88. The largest absolute Gasteiger partial charge is 0.418 e. The van der Waals surface area contributed by atoms with E-state index in [0.717, 1.165) is 0 Å². The van der Waals surface area contributed by atoms with Crippen LogP contribution in [-0.4, -0.2) is 10.2 Å². The number of fused-ring (bicyclic) bond motifs is 1. The molecule has 0 aliphatic rings. The number of alkyl halides is 3. The van der Waals surface area contributed by atoms with E-state index in [-0.39, 0.29) is 5.52 Å². The molecule has 0 spiro atoms. The van der Waals surface area contributed by atoms with Crippen LogP contribution in [0.1, 0.15) is 18.1 Å². The standard InChI is InChI=1S/C10H9F3N2/c1-2-6-3-7-5-14-15-9(7)8(4-6)10(11,12)13/h3-5H,2H2,1H3,(H,14,15). The van der Waals surface area contributed by atoms with Gasteiger partial charge in [-0.15, -0.1) is 0 Å². The van der Waals surface area contributed by atoms with Gasteiger partial charge in [0.05, 0.1) is 17.3 Å². The van der Waals surface area contributed by atoms with Crippen LogP contribution in [0.5, 0.6) is 0 Å². The van der Waals surface area contributed by atoms with Crippen molar-refractivity contribution in [3.05, 3.63) is 29.5 Å². The van der Waals surface area contributed by atoms with Gasteiger partial charge >= 0.3 is 6.18 Å². The van der Waals surface area contributed by atoms with Crippen LogP contribution in [0.3, 0.4) is 0 Å². The second kappa shape index (κ2) is 3.25. The van der Waals surface area contributed by atoms with Gasteiger partial charge in [-0.25, -0.2) is 0 Å². The summed E-state index contributed by atoms with van der Waals surface area (Å²) < 4.78 is 38.0. The number of aromatic amines is 1. The quantitative estimate of drug-likeness (QED) is 0.776. The molecular weight excluding hydrogens is 205 g/mol. The van der Waals surface area contributed by atoms with Crippen molar-refractivity contribution in [1.29, 1.82) is 0 Å². The topological polar surface area (TPSA) is 28.7 Å². The Morgan fingerprint density at radius 2 is 2.07 bits per heavy atom. The van der Waals surface area contributed by atoms with E-state index in [1.54, 1.807) is 6.07 Å². The molecule has 0 fully saturated rings. The molecule has 0 unspecified atom stereocenters. The number of aromatic nitrogens is 2. The van der Waals surface area contributed by atoms with Gasteiger partial charge in [0.2, 0.25) is 0 Å². The van der Waals surface area contributed by atoms with E-state index in [2.05, 4.69) is 10.2 Å². The summed E-state index contributed by atoms with van der Waals surface area (Å²) >= 11 is 0. The molecule has 0 saturated heterocycles. The van der Waals surface area contributed by atoms with Gasteiger partial charge in [-0.05, 0) is 24.1 Å². The number of hydrogen-bond donors (Lipinski definition) is 1. The van der Waals surface area contributed by atoms with E-state index >= 15 is 0 Å². The van der Waals surface area contributed by atoms with Crippen molar-refractivity contribution in [2.45, 2.75) is 19.5 Å². The van der Waals surface area contributed by atoms with Crippen LogP contribution >= 0.6 is 0 Å². The Morgan fingerprint density at radius 3 is 2.67 bits per heavy atom. The van der Waals surface area contributed by atoms with Gasteiger partial charge in [-0.3, -0.25) is 5.10 Å². The molecular formula is C10H9F3N2. The fraction of sp³-hybridized carbons (Fsp3) is 0.300. The summed E-state index contributed by atoms with van der Waals surface area (Å²) in [4.78, 5) is 0. The molecule has 2 rings (SSSR count). The Hall–Kier alpha value is -1.52. The molecule has 0 radical (unpaired) electrons. The minimum Gasteiger partial charge on any atom is -0.277 e. The average molecular weight is 214 g/mol. The first-order valence-electron chi connectivity index (χ1n) is 4.55. The van der Waals surface area contributed by atoms with Crippen LogP contribution in [0, 0.1) is 0 Å². The predicted octanol–water partition coefficient (Wildman–Crippen LogP) is 3.14. The SMILES string of the molecule is CCc1cc(C(F)(F)F)c2[nH]ncc2c1. The summed E-state index contributed by atoms with van der Waals surface area (Å²) in [6.45, 7) is 1.82. The number of nitrogens with zero attached hydrogens (tertiary/aromatic N) is 1. The summed E-state index contributed by atoms with van der Waals surface area (Å²) in [5, 5.41) is 6.50. The number of H-pyrrole nitrogens is 1. The van der Waals surface area contributed by atoms with Gasteiger partial charge < -0.3 is 0 Å². The predicted molar refractivity (Wildman–Crippen MR) is 50.5 cm³/mol. The van der Waals surface area contributed by atoms with Crippen molar-refractivity contribution in [3.63, 3.8) is 0 Å². The first-order valence-corrected chi connectivity index (χ1v) is 4.55. The van der Waals surface area contributed by atoms with E-state index in [9.17, 15) is 13.2 Å². The molecule has 0 aliphatic heterocycles. The van der Waals surface area contributed by atoms with Crippen molar-refractivity contribution in [2.75, 3.05) is 0 Å². The lowest BCUT2D eigenvalue weighted by molar-refractivity contribution is -0.136. The number of rotatable bonds is 1. The van der Waals surface area contributed by atoms with E-state index < -0.39 is 11.7 Å².